The molecule has 1 aromatic carbocycles. The second-order valence-electron chi connectivity index (χ2n) is 5.83. The number of hydrogen-bond donors (Lipinski definition) is 0. The molecule has 1 aromatic rings. The van der Waals surface area contributed by atoms with Crippen LogP contribution in [0.4, 0.5) is 0 Å². The third kappa shape index (κ3) is 2.60. The van der Waals surface area contributed by atoms with Crippen molar-refractivity contribution in [2.24, 2.45) is 5.41 Å². The Kier molecular flexibility index (Phi) is 3.40. The van der Waals surface area contributed by atoms with E-state index in [0.717, 1.165) is 12.4 Å². The lowest BCUT2D eigenvalue weighted by molar-refractivity contribution is 0.300. The topological polar surface area (TPSA) is 9.23 Å². The Balaban J connectivity index is 1.64. The van der Waals surface area contributed by atoms with Crippen LogP contribution in [-0.2, 0) is 0 Å². The lowest BCUT2D eigenvalue weighted by Gasteiger charge is -2.31. The fourth-order valence-corrected chi connectivity index (χ4v) is 3.52. The maximum absolute atomic E-state index is 5.88. The summed E-state index contributed by atoms with van der Waals surface area (Å²) in [5.74, 6) is 0.990. The molecule has 1 nitrogen and oxygen atoms in total. The summed E-state index contributed by atoms with van der Waals surface area (Å²) < 4.78 is 5.88. The molecular formula is C17H22O. The molecule has 0 saturated heterocycles. The third-order valence-corrected chi connectivity index (χ3v) is 4.45. The van der Waals surface area contributed by atoms with E-state index in [1.54, 1.807) is 0 Å². The molecule has 0 atom stereocenters. The number of ether oxygens (including phenoxy) is 1. The Morgan fingerprint density at radius 2 is 1.67 bits per heavy atom. The summed E-state index contributed by atoms with van der Waals surface area (Å²) in [7, 11) is 0. The summed E-state index contributed by atoms with van der Waals surface area (Å²) >= 11 is 0. The molecule has 96 valence electrons. The summed E-state index contributed by atoms with van der Waals surface area (Å²) in [6, 6.07) is 10.2. The van der Waals surface area contributed by atoms with Crippen LogP contribution in [0.1, 0.15) is 44.9 Å². The van der Waals surface area contributed by atoms with Gasteiger partial charge in [0.25, 0.3) is 0 Å². The van der Waals surface area contributed by atoms with E-state index in [1.165, 1.54) is 50.5 Å². The van der Waals surface area contributed by atoms with Gasteiger partial charge in [-0.1, -0.05) is 37.1 Å². The first-order chi connectivity index (χ1) is 8.86. The number of rotatable bonds is 3. The van der Waals surface area contributed by atoms with Gasteiger partial charge in [-0.2, -0.15) is 0 Å². The Morgan fingerprint density at radius 1 is 0.944 bits per heavy atom. The number of benzene rings is 1. The zero-order valence-corrected chi connectivity index (χ0v) is 11.0. The van der Waals surface area contributed by atoms with Crippen LogP contribution in [0.5, 0.6) is 5.75 Å². The van der Waals surface area contributed by atoms with Crippen LogP contribution in [0, 0.1) is 5.41 Å². The maximum atomic E-state index is 5.88. The SMILES string of the molecule is C1=C(COc2ccccc2)CCCC12CCCC2. The van der Waals surface area contributed by atoms with Gasteiger partial charge < -0.3 is 4.74 Å². The van der Waals surface area contributed by atoms with Crippen LogP contribution in [0.2, 0.25) is 0 Å². The van der Waals surface area contributed by atoms with E-state index < -0.39 is 0 Å². The highest BCUT2D eigenvalue weighted by Crippen LogP contribution is 2.47. The Bertz CT molecular complexity index is 412. The molecule has 18 heavy (non-hydrogen) atoms. The van der Waals surface area contributed by atoms with Gasteiger partial charge >= 0.3 is 0 Å². The molecule has 0 amide bonds. The van der Waals surface area contributed by atoms with Crippen LogP contribution >= 0.6 is 0 Å². The van der Waals surface area contributed by atoms with Gasteiger partial charge in [0.2, 0.25) is 0 Å². The lowest BCUT2D eigenvalue weighted by Crippen LogP contribution is -2.19. The van der Waals surface area contributed by atoms with E-state index in [2.05, 4.69) is 6.08 Å². The lowest BCUT2D eigenvalue weighted by atomic mass is 9.75. The monoisotopic (exact) mass is 242 g/mol. The van der Waals surface area contributed by atoms with Crippen molar-refractivity contribution in [1.29, 1.82) is 0 Å². The molecule has 0 unspecified atom stereocenters. The van der Waals surface area contributed by atoms with Crippen LogP contribution in [0.3, 0.4) is 0 Å². The van der Waals surface area contributed by atoms with Gasteiger partial charge in [-0.25, -0.2) is 0 Å². The average Bonchev–Trinajstić information content (AvgIpc) is 2.86. The highest BCUT2D eigenvalue weighted by Gasteiger charge is 2.33. The predicted octanol–water partition coefficient (Wildman–Crippen LogP) is 4.74. The van der Waals surface area contributed by atoms with Crippen LogP contribution in [-0.4, -0.2) is 6.61 Å². The fourth-order valence-electron chi connectivity index (χ4n) is 3.52. The molecule has 3 rings (SSSR count). The van der Waals surface area contributed by atoms with Crippen molar-refractivity contribution in [3.05, 3.63) is 42.0 Å². The van der Waals surface area contributed by atoms with Crippen molar-refractivity contribution < 1.29 is 4.74 Å². The van der Waals surface area contributed by atoms with Gasteiger partial charge in [0, 0.05) is 0 Å². The summed E-state index contributed by atoms with van der Waals surface area (Å²) in [5.41, 5.74) is 2.07. The molecule has 0 N–H and O–H groups in total. The minimum absolute atomic E-state index is 0.549. The van der Waals surface area contributed by atoms with E-state index in [1.807, 2.05) is 30.3 Å². The smallest absolute Gasteiger partial charge is 0.119 e. The fraction of sp³-hybridized carbons (Fsp3) is 0.529. The molecule has 1 fully saturated rings. The Hall–Kier alpha value is -1.24. The largest absolute Gasteiger partial charge is 0.489 e. The van der Waals surface area contributed by atoms with Crippen molar-refractivity contribution in [3.63, 3.8) is 0 Å². The third-order valence-electron chi connectivity index (χ3n) is 4.45. The van der Waals surface area contributed by atoms with Gasteiger partial charge in [-0.05, 0) is 55.2 Å². The minimum Gasteiger partial charge on any atom is -0.489 e. The predicted molar refractivity (Wildman–Crippen MR) is 74.8 cm³/mol. The van der Waals surface area contributed by atoms with Gasteiger partial charge in [0.15, 0.2) is 0 Å². The molecule has 1 heteroatoms. The summed E-state index contributed by atoms with van der Waals surface area (Å²) in [6.45, 7) is 0.783. The number of para-hydroxylation sites is 1. The van der Waals surface area contributed by atoms with E-state index in [4.69, 9.17) is 4.74 Å². The Morgan fingerprint density at radius 3 is 2.44 bits per heavy atom. The summed E-state index contributed by atoms with van der Waals surface area (Å²) in [5, 5.41) is 0. The van der Waals surface area contributed by atoms with Crippen LogP contribution in [0.25, 0.3) is 0 Å². The zero-order chi connectivity index (χ0) is 12.3. The average molecular weight is 242 g/mol. The van der Waals surface area contributed by atoms with Crippen molar-refractivity contribution in [2.45, 2.75) is 44.9 Å². The molecule has 2 aliphatic carbocycles. The highest BCUT2D eigenvalue weighted by molar-refractivity contribution is 5.23. The minimum atomic E-state index is 0.549. The van der Waals surface area contributed by atoms with Gasteiger partial charge in [0.05, 0.1) is 0 Å². The maximum Gasteiger partial charge on any atom is 0.119 e. The molecule has 0 aromatic heterocycles. The first-order valence-electron chi connectivity index (χ1n) is 7.25. The van der Waals surface area contributed by atoms with E-state index in [0.29, 0.717) is 5.41 Å². The molecule has 1 spiro atoms. The molecule has 0 radical (unpaired) electrons. The second-order valence-corrected chi connectivity index (χ2v) is 5.83. The van der Waals surface area contributed by atoms with E-state index >= 15 is 0 Å². The molecule has 0 heterocycles. The van der Waals surface area contributed by atoms with Crippen molar-refractivity contribution in [1.82, 2.24) is 0 Å². The normalized spacial score (nSPS) is 21.9. The van der Waals surface area contributed by atoms with Gasteiger partial charge in [-0.3, -0.25) is 0 Å². The van der Waals surface area contributed by atoms with Crippen LogP contribution in [0.15, 0.2) is 42.0 Å². The Labute approximate surface area is 110 Å². The van der Waals surface area contributed by atoms with Gasteiger partial charge in [0.1, 0.15) is 12.4 Å². The number of allylic oxidation sites excluding steroid dienone is 1. The summed E-state index contributed by atoms with van der Waals surface area (Å²) in [4.78, 5) is 0. The van der Waals surface area contributed by atoms with E-state index in [9.17, 15) is 0 Å². The number of hydrogen-bond acceptors (Lipinski definition) is 1. The molecule has 0 aliphatic heterocycles. The van der Waals surface area contributed by atoms with Crippen molar-refractivity contribution >= 4 is 0 Å². The van der Waals surface area contributed by atoms with Gasteiger partial charge in [-0.15, -0.1) is 0 Å². The first-order valence-corrected chi connectivity index (χ1v) is 7.25. The standard InChI is InChI=1S/C17H22O/c1-2-8-16(9-3-1)18-14-15-7-6-12-17(13-15)10-4-5-11-17/h1-3,8-9,13H,4-7,10-12,14H2. The molecule has 2 aliphatic rings. The molecule has 0 bridgehead atoms. The van der Waals surface area contributed by atoms with Crippen molar-refractivity contribution in [2.75, 3.05) is 6.61 Å². The van der Waals surface area contributed by atoms with Crippen molar-refractivity contribution in [3.8, 4) is 5.75 Å². The second kappa shape index (κ2) is 5.17. The highest BCUT2D eigenvalue weighted by atomic mass is 16.5. The van der Waals surface area contributed by atoms with E-state index in [-0.39, 0.29) is 0 Å². The zero-order valence-electron chi connectivity index (χ0n) is 11.0. The summed E-state index contributed by atoms with van der Waals surface area (Å²) in [6.07, 6.45) is 12.2. The molecular weight excluding hydrogens is 220 g/mol. The molecule has 1 saturated carbocycles. The quantitative estimate of drug-likeness (QED) is 0.696. The first kappa shape index (κ1) is 11.8. The van der Waals surface area contributed by atoms with Crippen LogP contribution < -0.4 is 4.74 Å².